The Bertz CT molecular complexity index is 1670. The van der Waals surface area contributed by atoms with Gasteiger partial charge in [0.25, 0.3) is 0 Å². The van der Waals surface area contributed by atoms with Gasteiger partial charge in [-0.25, -0.2) is 9.59 Å². The minimum atomic E-state index is -0.558. The first-order chi connectivity index (χ1) is 25.7. The molecule has 0 spiro atoms. The number of carbonyl (C=O) groups is 2. The lowest BCUT2D eigenvalue weighted by atomic mass is 9.86. The normalized spacial score (nSPS) is 19.2. The second-order valence-electron chi connectivity index (χ2n) is 14.2. The second kappa shape index (κ2) is 19.0. The lowest BCUT2D eigenvalue weighted by Crippen LogP contribution is -2.55. The summed E-state index contributed by atoms with van der Waals surface area (Å²) in [6.07, 6.45) is 5.41. The number of carbonyl (C=O) groups excluding carboxylic acids is 2. The molecule has 0 aliphatic carbocycles. The van der Waals surface area contributed by atoms with Gasteiger partial charge in [0.15, 0.2) is 11.5 Å². The molecule has 0 N–H and O–H groups in total. The van der Waals surface area contributed by atoms with E-state index >= 15 is 0 Å². The fraction of sp³-hybridized carbons (Fsp3) is 0.476. The van der Waals surface area contributed by atoms with Gasteiger partial charge < -0.3 is 42.1 Å². The van der Waals surface area contributed by atoms with E-state index in [1.54, 1.807) is 28.4 Å². The first-order valence-electron chi connectivity index (χ1n) is 18.5. The monoisotopic (exact) mass is 732 g/mol. The van der Waals surface area contributed by atoms with Gasteiger partial charge >= 0.3 is 11.9 Å². The van der Waals surface area contributed by atoms with Crippen LogP contribution in [0.1, 0.15) is 41.1 Å². The number of ether oxygens (including phenoxy) is 7. The second-order valence-corrected chi connectivity index (χ2v) is 14.2. The van der Waals surface area contributed by atoms with Crippen molar-refractivity contribution in [2.45, 2.75) is 38.3 Å². The average Bonchev–Trinajstić information content (AvgIpc) is 3.19. The number of hydrogen-bond acceptors (Lipinski definition) is 9. The van der Waals surface area contributed by atoms with Crippen LogP contribution >= 0.6 is 0 Å². The maximum atomic E-state index is 12.5. The summed E-state index contributed by atoms with van der Waals surface area (Å²) < 4.78 is 40.2. The molecule has 0 radical (unpaired) electrons. The number of nitrogens with zero attached hydrogens (tertiary/aromatic N) is 2. The predicted octanol–water partition coefficient (Wildman–Crippen LogP) is 5.48. The zero-order valence-corrected chi connectivity index (χ0v) is 32.0. The molecule has 0 aromatic heterocycles. The molecule has 0 amide bonds. The van der Waals surface area contributed by atoms with Crippen LogP contribution in [0.15, 0.2) is 72.8 Å². The summed E-state index contributed by atoms with van der Waals surface area (Å²) in [6.45, 7) is 7.23. The molecule has 2 unspecified atom stereocenters. The molecule has 3 aromatic rings. The van der Waals surface area contributed by atoms with E-state index in [1.165, 1.54) is 22.3 Å². The molecule has 11 heteroatoms. The summed E-state index contributed by atoms with van der Waals surface area (Å²) in [5, 5.41) is 0. The van der Waals surface area contributed by atoms with E-state index in [0.717, 1.165) is 90.5 Å². The van der Waals surface area contributed by atoms with Crippen molar-refractivity contribution in [1.82, 2.24) is 0 Å². The Balaban J connectivity index is 1.10. The fourth-order valence-corrected chi connectivity index (χ4v) is 7.63. The number of rotatable bonds is 18. The Kier molecular flexibility index (Phi) is 14.2. The van der Waals surface area contributed by atoms with Crippen molar-refractivity contribution in [2.24, 2.45) is 0 Å². The van der Waals surface area contributed by atoms with Crippen molar-refractivity contribution >= 4 is 11.9 Å². The van der Waals surface area contributed by atoms with Crippen LogP contribution in [0.4, 0.5) is 0 Å². The number of esters is 2. The van der Waals surface area contributed by atoms with E-state index < -0.39 is 11.9 Å². The van der Waals surface area contributed by atoms with Crippen LogP contribution < -0.4 is 18.9 Å². The zero-order chi connectivity index (χ0) is 37.7. The lowest BCUT2D eigenvalue weighted by molar-refractivity contribution is -0.947. The van der Waals surface area contributed by atoms with Gasteiger partial charge in [-0.15, -0.1) is 0 Å². The van der Waals surface area contributed by atoms with Crippen LogP contribution in [0, 0.1) is 0 Å². The smallest absolute Gasteiger partial charge is 0.331 e. The number of benzene rings is 3. The van der Waals surface area contributed by atoms with Gasteiger partial charge in [0.05, 0.1) is 81.5 Å². The van der Waals surface area contributed by atoms with Crippen LogP contribution in [0.5, 0.6) is 23.0 Å². The molecule has 2 aliphatic rings. The van der Waals surface area contributed by atoms with E-state index in [1.807, 2.05) is 24.3 Å². The summed E-state index contributed by atoms with van der Waals surface area (Å²) in [5.41, 5.74) is 4.95. The SMILES string of the molecule is COc1ccc(CC2c3cc(OC)c(OC)cc3CC[N+]2(C)CCCOC(=O)C=CC(=O)OCCC[N+]2(Cc3ccc(OC)cc3)CCOCC2)cc1. The Hall–Kier alpha value is -4.58. The predicted molar refractivity (Wildman–Crippen MR) is 201 cm³/mol. The Labute approximate surface area is 314 Å². The maximum Gasteiger partial charge on any atom is 0.331 e. The number of morpholine rings is 1. The average molecular weight is 733 g/mol. The molecule has 1 saturated heterocycles. The standard InChI is InChI=1S/C42H56N2O9/c1-43(21-18-34-29-39(49-4)40(50-5)30-37(34)38(43)28-32-8-12-35(47-2)13-9-32)19-6-24-52-41(45)16-17-42(46)53-25-7-20-44(22-26-51-27-23-44)31-33-10-14-36(48-3)15-11-33/h8-17,29-30,38H,6-7,18-28,31H2,1-5H3/q+2. The molecule has 0 bridgehead atoms. The van der Waals surface area contributed by atoms with E-state index in [9.17, 15) is 9.59 Å². The topological polar surface area (TPSA) is 98.8 Å². The highest BCUT2D eigenvalue weighted by Crippen LogP contribution is 2.42. The highest BCUT2D eigenvalue weighted by molar-refractivity contribution is 5.91. The van der Waals surface area contributed by atoms with E-state index in [2.05, 4.69) is 43.4 Å². The first-order valence-corrected chi connectivity index (χ1v) is 18.5. The lowest BCUT2D eigenvalue weighted by Gasteiger charge is -2.46. The quantitative estimate of drug-likeness (QED) is 0.0730. The van der Waals surface area contributed by atoms with Crippen molar-refractivity contribution in [3.8, 4) is 23.0 Å². The molecule has 2 atom stereocenters. The summed E-state index contributed by atoms with van der Waals surface area (Å²) in [7, 11) is 8.93. The van der Waals surface area contributed by atoms with Crippen molar-refractivity contribution in [2.75, 3.05) is 94.6 Å². The molecule has 3 aromatic carbocycles. The number of likely N-dealkylation sites (N-methyl/N-ethyl adjacent to an activating group) is 1. The Morgan fingerprint density at radius 2 is 1.26 bits per heavy atom. The van der Waals surface area contributed by atoms with Gasteiger partial charge in [0, 0.05) is 49.0 Å². The van der Waals surface area contributed by atoms with Gasteiger partial charge in [-0.1, -0.05) is 12.1 Å². The summed E-state index contributed by atoms with van der Waals surface area (Å²) in [6, 6.07) is 20.8. The number of fused-ring (bicyclic) bond motifs is 1. The van der Waals surface area contributed by atoms with Gasteiger partial charge in [-0.05, 0) is 59.7 Å². The maximum absolute atomic E-state index is 12.5. The third-order valence-corrected chi connectivity index (χ3v) is 10.8. The number of quaternary nitrogens is 2. The van der Waals surface area contributed by atoms with E-state index in [-0.39, 0.29) is 19.3 Å². The number of methoxy groups -OCH3 is 4. The van der Waals surface area contributed by atoms with Crippen molar-refractivity contribution in [3.05, 3.63) is 95.1 Å². The molecular formula is C42H56N2O9+2. The van der Waals surface area contributed by atoms with E-state index in [0.29, 0.717) is 31.8 Å². The van der Waals surface area contributed by atoms with Crippen LogP contribution in [-0.4, -0.2) is 116 Å². The number of hydrogen-bond donors (Lipinski definition) is 0. The van der Waals surface area contributed by atoms with Crippen molar-refractivity contribution in [3.63, 3.8) is 0 Å². The van der Waals surface area contributed by atoms with Crippen molar-refractivity contribution in [1.29, 1.82) is 0 Å². The van der Waals surface area contributed by atoms with Gasteiger partial charge in [-0.3, -0.25) is 0 Å². The fourth-order valence-electron chi connectivity index (χ4n) is 7.63. The Morgan fingerprint density at radius 3 is 1.83 bits per heavy atom. The minimum absolute atomic E-state index is 0.153. The summed E-state index contributed by atoms with van der Waals surface area (Å²) in [5.74, 6) is 2.00. The third-order valence-electron chi connectivity index (χ3n) is 10.8. The van der Waals surface area contributed by atoms with Crippen LogP contribution in [-0.2, 0) is 43.2 Å². The molecule has 11 nitrogen and oxygen atoms in total. The molecule has 53 heavy (non-hydrogen) atoms. The molecule has 5 rings (SSSR count). The molecule has 2 aliphatic heterocycles. The van der Waals surface area contributed by atoms with Crippen LogP contribution in [0.2, 0.25) is 0 Å². The highest BCUT2D eigenvalue weighted by atomic mass is 16.5. The minimum Gasteiger partial charge on any atom is -0.497 e. The third kappa shape index (κ3) is 10.7. The molecule has 286 valence electrons. The molecule has 1 fully saturated rings. The highest BCUT2D eigenvalue weighted by Gasteiger charge is 2.40. The van der Waals surface area contributed by atoms with Gasteiger partial charge in [0.1, 0.15) is 37.2 Å². The largest absolute Gasteiger partial charge is 0.497 e. The molecular weight excluding hydrogens is 676 g/mol. The molecule has 0 saturated carbocycles. The van der Waals surface area contributed by atoms with Crippen LogP contribution in [0.3, 0.4) is 0 Å². The van der Waals surface area contributed by atoms with Crippen molar-refractivity contribution < 1.29 is 51.7 Å². The Morgan fingerprint density at radius 1 is 0.717 bits per heavy atom. The van der Waals surface area contributed by atoms with Gasteiger partial charge in [-0.2, -0.15) is 0 Å². The summed E-state index contributed by atoms with van der Waals surface area (Å²) >= 11 is 0. The first kappa shape index (κ1) is 39.6. The van der Waals surface area contributed by atoms with Gasteiger partial charge in [0.2, 0.25) is 0 Å². The van der Waals surface area contributed by atoms with Crippen LogP contribution in [0.25, 0.3) is 0 Å². The van der Waals surface area contributed by atoms with E-state index in [4.69, 9.17) is 33.2 Å². The zero-order valence-electron chi connectivity index (χ0n) is 32.0. The summed E-state index contributed by atoms with van der Waals surface area (Å²) in [4.78, 5) is 25.0. The molecule has 2 heterocycles.